The van der Waals surface area contributed by atoms with Crippen LogP contribution in [0.2, 0.25) is 0 Å². The highest BCUT2D eigenvalue weighted by molar-refractivity contribution is 5.79. The number of halogens is 3. The van der Waals surface area contributed by atoms with Crippen LogP contribution in [0.4, 0.5) is 13.2 Å². The smallest absolute Gasteiger partial charge is 0.377 e. The molecule has 0 amide bonds. The zero-order valence-electron chi connectivity index (χ0n) is 10.2. The summed E-state index contributed by atoms with van der Waals surface area (Å²) in [7, 11) is 0. The second-order valence-electron chi connectivity index (χ2n) is 4.52. The van der Waals surface area contributed by atoms with Gasteiger partial charge in [-0.1, -0.05) is 12.1 Å². The van der Waals surface area contributed by atoms with Crippen LogP contribution in [0.5, 0.6) is 0 Å². The van der Waals surface area contributed by atoms with E-state index in [0.717, 1.165) is 5.56 Å². The van der Waals surface area contributed by atoms with E-state index in [-0.39, 0.29) is 12.4 Å². The van der Waals surface area contributed by atoms with Crippen molar-refractivity contribution in [2.24, 2.45) is 0 Å². The standard InChI is InChI=1S/C13H14F3NO2/c14-10-3-1-2-9(6-10)4-5-17-8-11-7-13(15,16)12(18)19-11/h1-3,6,11,17H,4-5,7-8H2. The van der Waals surface area contributed by atoms with Gasteiger partial charge in [0.2, 0.25) is 0 Å². The Labute approximate surface area is 108 Å². The second kappa shape index (κ2) is 5.61. The number of alkyl halides is 2. The molecule has 104 valence electrons. The summed E-state index contributed by atoms with van der Waals surface area (Å²) in [5, 5.41) is 2.92. The van der Waals surface area contributed by atoms with Gasteiger partial charge in [0.05, 0.1) is 6.42 Å². The van der Waals surface area contributed by atoms with Crippen molar-refractivity contribution in [3.05, 3.63) is 35.6 Å². The molecule has 1 fully saturated rings. The summed E-state index contributed by atoms with van der Waals surface area (Å²) in [6.45, 7) is 0.680. The minimum absolute atomic E-state index is 0.177. The van der Waals surface area contributed by atoms with E-state index in [1.807, 2.05) is 0 Å². The SMILES string of the molecule is O=C1OC(CNCCc2cccc(F)c2)CC1(F)F. The first-order valence-electron chi connectivity index (χ1n) is 6.01. The largest absolute Gasteiger partial charge is 0.456 e. The van der Waals surface area contributed by atoms with E-state index in [1.54, 1.807) is 12.1 Å². The van der Waals surface area contributed by atoms with Gasteiger partial charge in [-0.3, -0.25) is 0 Å². The number of nitrogens with one attached hydrogen (secondary N) is 1. The number of benzene rings is 1. The summed E-state index contributed by atoms with van der Waals surface area (Å²) in [6.07, 6.45) is -0.803. The molecule has 0 aromatic heterocycles. The lowest BCUT2D eigenvalue weighted by molar-refractivity contribution is -0.158. The summed E-state index contributed by atoms with van der Waals surface area (Å²) >= 11 is 0. The van der Waals surface area contributed by atoms with Gasteiger partial charge in [0.15, 0.2) is 0 Å². The van der Waals surface area contributed by atoms with Crippen LogP contribution in [0, 0.1) is 5.82 Å². The molecule has 19 heavy (non-hydrogen) atoms. The summed E-state index contributed by atoms with van der Waals surface area (Å²) in [4.78, 5) is 10.8. The Morgan fingerprint density at radius 1 is 1.42 bits per heavy atom. The van der Waals surface area contributed by atoms with Gasteiger partial charge in [0, 0.05) is 6.54 Å². The van der Waals surface area contributed by atoms with Crippen LogP contribution in [0.1, 0.15) is 12.0 Å². The Balaban J connectivity index is 1.69. The fraction of sp³-hybridized carbons (Fsp3) is 0.462. The van der Waals surface area contributed by atoms with Crippen molar-refractivity contribution in [1.82, 2.24) is 5.32 Å². The number of cyclic esters (lactones) is 1. The summed E-state index contributed by atoms with van der Waals surface area (Å²) in [5.74, 6) is -5.12. The molecular weight excluding hydrogens is 259 g/mol. The third kappa shape index (κ3) is 3.70. The predicted molar refractivity (Wildman–Crippen MR) is 62.4 cm³/mol. The Hall–Kier alpha value is -1.56. The second-order valence-corrected chi connectivity index (χ2v) is 4.52. The van der Waals surface area contributed by atoms with Gasteiger partial charge in [-0.2, -0.15) is 8.78 Å². The number of ether oxygens (including phenoxy) is 1. The molecule has 0 spiro atoms. The van der Waals surface area contributed by atoms with Crippen LogP contribution in [-0.2, 0) is 16.0 Å². The van der Waals surface area contributed by atoms with Crippen LogP contribution in [-0.4, -0.2) is 31.1 Å². The molecule has 6 heteroatoms. The molecule has 1 saturated heterocycles. The molecule has 0 saturated carbocycles. The number of rotatable bonds is 5. The average molecular weight is 273 g/mol. The monoisotopic (exact) mass is 273 g/mol. The van der Waals surface area contributed by atoms with Gasteiger partial charge in [-0.25, -0.2) is 9.18 Å². The van der Waals surface area contributed by atoms with Gasteiger partial charge in [-0.15, -0.1) is 0 Å². The van der Waals surface area contributed by atoms with E-state index in [2.05, 4.69) is 10.1 Å². The third-order valence-corrected chi connectivity index (χ3v) is 2.91. The minimum atomic E-state index is -3.37. The van der Waals surface area contributed by atoms with Crippen molar-refractivity contribution in [3.8, 4) is 0 Å². The molecule has 1 aromatic carbocycles. The molecule has 1 heterocycles. The first kappa shape index (κ1) is 13.9. The zero-order valence-corrected chi connectivity index (χ0v) is 10.2. The van der Waals surface area contributed by atoms with E-state index in [0.29, 0.717) is 13.0 Å². The van der Waals surface area contributed by atoms with Crippen molar-refractivity contribution in [1.29, 1.82) is 0 Å². The van der Waals surface area contributed by atoms with E-state index in [1.165, 1.54) is 12.1 Å². The van der Waals surface area contributed by atoms with Crippen molar-refractivity contribution >= 4 is 5.97 Å². The molecule has 2 rings (SSSR count). The summed E-state index contributed by atoms with van der Waals surface area (Å²) in [5.41, 5.74) is 0.821. The maximum absolute atomic E-state index is 12.9. The average Bonchev–Trinajstić information content (AvgIpc) is 2.59. The van der Waals surface area contributed by atoms with Crippen molar-refractivity contribution in [2.75, 3.05) is 13.1 Å². The molecule has 1 unspecified atom stereocenters. The lowest BCUT2D eigenvalue weighted by atomic mass is 10.1. The van der Waals surface area contributed by atoms with Gasteiger partial charge in [0.25, 0.3) is 0 Å². The molecule has 1 aliphatic rings. The van der Waals surface area contributed by atoms with Crippen molar-refractivity contribution in [2.45, 2.75) is 24.9 Å². The Morgan fingerprint density at radius 2 is 2.21 bits per heavy atom. The molecule has 0 radical (unpaired) electrons. The molecule has 1 aromatic rings. The highest BCUT2D eigenvalue weighted by Crippen LogP contribution is 2.30. The molecule has 1 aliphatic heterocycles. The van der Waals surface area contributed by atoms with E-state index >= 15 is 0 Å². The normalized spacial score (nSPS) is 21.4. The van der Waals surface area contributed by atoms with Crippen molar-refractivity contribution < 1.29 is 22.7 Å². The highest BCUT2D eigenvalue weighted by atomic mass is 19.3. The summed E-state index contributed by atoms with van der Waals surface area (Å²) < 4.78 is 43.2. The van der Waals surface area contributed by atoms with Crippen LogP contribution in [0.3, 0.4) is 0 Å². The molecule has 3 nitrogen and oxygen atoms in total. The molecular formula is C13H14F3NO2. The Morgan fingerprint density at radius 3 is 2.84 bits per heavy atom. The van der Waals surface area contributed by atoms with Crippen LogP contribution in [0.25, 0.3) is 0 Å². The van der Waals surface area contributed by atoms with Gasteiger partial charge in [-0.05, 0) is 30.7 Å². The molecule has 0 bridgehead atoms. The van der Waals surface area contributed by atoms with Crippen LogP contribution >= 0.6 is 0 Å². The molecule has 1 N–H and O–H groups in total. The molecule has 0 aliphatic carbocycles. The quantitative estimate of drug-likeness (QED) is 0.658. The first-order chi connectivity index (χ1) is 8.97. The Bertz CT molecular complexity index is 465. The molecule has 1 atom stereocenters. The van der Waals surface area contributed by atoms with E-state index in [4.69, 9.17) is 0 Å². The summed E-state index contributed by atoms with van der Waals surface area (Å²) in [6, 6.07) is 6.18. The lowest BCUT2D eigenvalue weighted by Crippen LogP contribution is -2.28. The topological polar surface area (TPSA) is 38.3 Å². The fourth-order valence-electron chi connectivity index (χ4n) is 1.95. The predicted octanol–water partition coefficient (Wildman–Crippen LogP) is 1.91. The van der Waals surface area contributed by atoms with Gasteiger partial charge >= 0.3 is 11.9 Å². The number of hydrogen-bond acceptors (Lipinski definition) is 3. The number of hydrogen-bond donors (Lipinski definition) is 1. The maximum atomic E-state index is 12.9. The number of carbonyl (C=O) groups excluding carboxylic acids is 1. The van der Waals surface area contributed by atoms with E-state index < -0.39 is 24.4 Å². The van der Waals surface area contributed by atoms with E-state index in [9.17, 15) is 18.0 Å². The van der Waals surface area contributed by atoms with Gasteiger partial charge < -0.3 is 10.1 Å². The maximum Gasteiger partial charge on any atom is 0.377 e. The number of carbonyl (C=O) groups is 1. The minimum Gasteiger partial charge on any atom is -0.456 e. The fourth-order valence-corrected chi connectivity index (χ4v) is 1.95. The highest BCUT2D eigenvalue weighted by Gasteiger charge is 2.50. The van der Waals surface area contributed by atoms with Gasteiger partial charge in [0.1, 0.15) is 11.9 Å². The lowest BCUT2D eigenvalue weighted by Gasteiger charge is -2.09. The van der Waals surface area contributed by atoms with Crippen molar-refractivity contribution in [3.63, 3.8) is 0 Å². The number of esters is 1. The Kier molecular flexibility index (Phi) is 4.09. The first-order valence-corrected chi connectivity index (χ1v) is 6.01. The zero-order chi connectivity index (χ0) is 13.9. The third-order valence-electron chi connectivity index (χ3n) is 2.91. The van der Waals surface area contributed by atoms with Crippen LogP contribution < -0.4 is 5.32 Å². The van der Waals surface area contributed by atoms with Crippen LogP contribution in [0.15, 0.2) is 24.3 Å².